The first-order valence-corrected chi connectivity index (χ1v) is 6.28. The first kappa shape index (κ1) is 12.4. The number of nitrogen functional groups attached to an aromatic ring is 1. The maximum Gasteiger partial charge on any atom is 0.189 e. The van der Waals surface area contributed by atoms with Crippen molar-refractivity contribution in [1.29, 1.82) is 0 Å². The molecule has 1 aromatic carbocycles. The van der Waals surface area contributed by atoms with Crippen molar-refractivity contribution in [3.8, 4) is 0 Å². The number of nitrogens with one attached hydrogen (secondary N) is 1. The Balaban J connectivity index is 2.07. The quantitative estimate of drug-likeness (QED) is 0.559. The molecular weight excluding hydrogens is 252 g/mol. The number of rotatable bonds is 3. The summed E-state index contributed by atoms with van der Waals surface area (Å²) < 4.78 is 2.00. The molecular formula is C15H14N4O. The fraction of sp³-hybridized carbons (Fsp3) is 0.0667. The molecule has 0 radical (unpaired) electrons. The average Bonchev–Trinajstić information content (AvgIpc) is 2.51. The van der Waals surface area contributed by atoms with Crippen LogP contribution in [0.25, 0.3) is 10.9 Å². The third-order valence-corrected chi connectivity index (χ3v) is 3.17. The molecule has 0 unspecified atom stereocenters. The molecule has 5 heteroatoms. The van der Waals surface area contributed by atoms with Gasteiger partial charge < -0.3 is 9.99 Å². The molecule has 0 fully saturated rings. The molecule has 5 nitrogen and oxygen atoms in total. The summed E-state index contributed by atoms with van der Waals surface area (Å²) in [6.45, 7) is 0.580. The maximum atomic E-state index is 11.8. The van der Waals surface area contributed by atoms with Crippen molar-refractivity contribution in [3.05, 3.63) is 70.6 Å². The third kappa shape index (κ3) is 2.26. The van der Waals surface area contributed by atoms with Crippen LogP contribution in [0.3, 0.4) is 0 Å². The van der Waals surface area contributed by atoms with E-state index in [2.05, 4.69) is 10.4 Å². The normalized spacial score (nSPS) is 10.7. The summed E-state index contributed by atoms with van der Waals surface area (Å²) in [5, 5.41) is 0.711. The second-order valence-corrected chi connectivity index (χ2v) is 4.48. The Morgan fingerprint density at radius 3 is 2.80 bits per heavy atom. The van der Waals surface area contributed by atoms with E-state index in [-0.39, 0.29) is 5.43 Å². The molecule has 0 aliphatic heterocycles. The van der Waals surface area contributed by atoms with E-state index in [1.165, 1.54) is 0 Å². The average molecular weight is 266 g/mol. The number of fused-ring (bicyclic) bond motifs is 1. The van der Waals surface area contributed by atoms with Crippen LogP contribution in [0.15, 0.2) is 59.5 Å². The van der Waals surface area contributed by atoms with Gasteiger partial charge >= 0.3 is 0 Å². The van der Waals surface area contributed by atoms with Gasteiger partial charge in [-0.15, -0.1) is 0 Å². The smallest absolute Gasteiger partial charge is 0.189 e. The van der Waals surface area contributed by atoms with Crippen LogP contribution in [0.5, 0.6) is 0 Å². The lowest BCUT2D eigenvalue weighted by Crippen LogP contribution is -2.12. The van der Waals surface area contributed by atoms with Crippen LogP contribution >= 0.6 is 0 Å². The molecule has 0 bridgehead atoms. The van der Waals surface area contributed by atoms with Gasteiger partial charge in [-0.3, -0.25) is 4.79 Å². The molecule has 0 spiro atoms. The summed E-state index contributed by atoms with van der Waals surface area (Å²) in [5.41, 5.74) is 4.32. The summed E-state index contributed by atoms with van der Waals surface area (Å²) in [5.74, 6) is 5.98. The predicted octanol–water partition coefficient (Wildman–Crippen LogP) is 1.73. The van der Waals surface area contributed by atoms with Gasteiger partial charge in [0.05, 0.1) is 17.8 Å². The third-order valence-electron chi connectivity index (χ3n) is 3.17. The summed E-state index contributed by atoms with van der Waals surface area (Å²) in [6.07, 6.45) is 1.79. The standard InChI is InChI=1S/C15H14N4O/c16-18-15-7-3-4-11(17-15)10-19-9-8-14(20)12-5-1-2-6-13(12)19/h1-9H,10,16H2,(H,17,18). The Morgan fingerprint density at radius 2 is 1.95 bits per heavy atom. The van der Waals surface area contributed by atoms with Crippen molar-refractivity contribution >= 4 is 16.7 Å². The number of nitrogens with two attached hydrogens (primary N) is 1. The van der Waals surface area contributed by atoms with Crippen LogP contribution in [-0.4, -0.2) is 9.55 Å². The predicted molar refractivity (Wildman–Crippen MR) is 79.4 cm³/mol. The number of benzene rings is 1. The minimum Gasteiger partial charge on any atom is -0.341 e. The zero-order valence-corrected chi connectivity index (χ0v) is 10.8. The molecule has 2 heterocycles. The highest BCUT2D eigenvalue weighted by Gasteiger charge is 2.03. The van der Waals surface area contributed by atoms with Crippen molar-refractivity contribution in [1.82, 2.24) is 9.55 Å². The lowest BCUT2D eigenvalue weighted by atomic mass is 10.2. The molecule has 0 saturated carbocycles. The zero-order chi connectivity index (χ0) is 13.9. The Morgan fingerprint density at radius 1 is 1.10 bits per heavy atom. The van der Waals surface area contributed by atoms with E-state index in [1.807, 2.05) is 41.0 Å². The minimum atomic E-state index is 0.0298. The summed E-state index contributed by atoms with van der Waals surface area (Å²) in [7, 11) is 0. The molecule has 0 aliphatic carbocycles. The second kappa shape index (κ2) is 5.14. The van der Waals surface area contributed by atoms with E-state index in [9.17, 15) is 4.79 Å². The summed E-state index contributed by atoms with van der Waals surface area (Å²) >= 11 is 0. The van der Waals surface area contributed by atoms with Crippen LogP contribution in [0.1, 0.15) is 5.69 Å². The van der Waals surface area contributed by atoms with Gasteiger partial charge in [0.1, 0.15) is 5.82 Å². The molecule has 20 heavy (non-hydrogen) atoms. The number of hydrazine groups is 1. The van der Waals surface area contributed by atoms with Gasteiger partial charge in [0.2, 0.25) is 0 Å². The van der Waals surface area contributed by atoms with Crippen LogP contribution in [0, 0.1) is 0 Å². The van der Waals surface area contributed by atoms with Gasteiger partial charge in [-0.2, -0.15) is 0 Å². The maximum absolute atomic E-state index is 11.8. The van der Waals surface area contributed by atoms with Crippen molar-refractivity contribution < 1.29 is 0 Å². The first-order valence-electron chi connectivity index (χ1n) is 6.28. The molecule has 0 aliphatic rings. The zero-order valence-electron chi connectivity index (χ0n) is 10.8. The lowest BCUT2D eigenvalue weighted by molar-refractivity contribution is 0.798. The highest BCUT2D eigenvalue weighted by atomic mass is 16.1. The first-order chi connectivity index (χ1) is 9.78. The van der Waals surface area contributed by atoms with Gasteiger partial charge in [0.15, 0.2) is 5.43 Å². The molecule has 0 amide bonds. The van der Waals surface area contributed by atoms with Crippen LogP contribution < -0.4 is 16.7 Å². The number of hydrogen-bond donors (Lipinski definition) is 2. The van der Waals surface area contributed by atoms with E-state index in [0.29, 0.717) is 17.7 Å². The molecule has 2 aromatic heterocycles. The van der Waals surface area contributed by atoms with Gasteiger partial charge in [-0.25, -0.2) is 10.8 Å². The van der Waals surface area contributed by atoms with Crippen molar-refractivity contribution in [2.75, 3.05) is 5.43 Å². The lowest BCUT2D eigenvalue weighted by Gasteiger charge is -2.10. The van der Waals surface area contributed by atoms with E-state index in [1.54, 1.807) is 18.3 Å². The number of nitrogens with zero attached hydrogens (tertiary/aromatic N) is 2. The van der Waals surface area contributed by atoms with E-state index in [4.69, 9.17) is 5.84 Å². The molecule has 0 saturated heterocycles. The van der Waals surface area contributed by atoms with Gasteiger partial charge in [0, 0.05) is 17.6 Å². The molecule has 0 atom stereocenters. The number of anilines is 1. The monoisotopic (exact) mass is 266 g/mol. The van der Waals surface area contributed by atoms with Crippen LogP contribution in [0.2, 0.25) is 0 Å². The Bertz CT molecular complexity index is 810. The SMILES string of the molecule is NNc1cccc(Cn2ccc(=O)c3ccccc32)n1. The summed E-state index contributed by atoms with van der Waals surface area (Å²) in [6, 6.07) is 14.7. The fourth-order valence-corrected chi connectivity index (χ4v) is 2.22. The van der Waals surface area contributed by atoms with E-state index in [0.717, 1.165) is 11.2 Å². The van der Waals surface area contributed by atoms with Crippen molar-refractivity contribution in [3.63, 3.8) is 0 Å². The second-order valence-electron chi connectivity index (χ2n) is 4.48. The van der Waals surface area contributed by atoms with Gasteiger partial charge in [-0.05, 0) is 24.3 Å². The van der Waals surface area contributed by atoms with E-state index >= 15 is 0 Å². The molecule has 100 valence electrons. The van der Waals surface area contributed by atoms with Crippen molar-refractivity contribution in [2.24, 2.45) is 5.84 Å². The fourth-order valence-electron chi connectivity index (χ4n) is 2.22. The molecule has 3 rings (SSSR count). The Kier molecular flexibility index (Phi) is 3.18. The van der Waals surface area contributed by atoms with Gasteiger partial charge in [-0.1, -0.05) is 18.2 Å². The topological polar surface area (TPSA) is 72.9 Å². The molecule has 3 aromatic rings. The van der Waals surface area contributed by atoms with Gasteiger partial charge in [0.25, 0.3) is 0 Å². The molecule has 3 N–H and O–H groups in total. The Labute approximate surface area is 115 Å². The number of hydrogen-bond acceptors (Lipinski definition) is 4. The Hall–Kier alpha value is -2.66. The number of aromatic nitrogens is 2. The van der Waals surface area contributed by atoms with Crippen molar-refractivity contribution in [2.45, 2.75) is 6.54 Å². The summed E-state index contributed by atoms with van der Waals surface area (Å²) in [4.78, 5) is 16.2. The highest BCUT2D eigenvalue weighted by molar-refractivity contribution is 5.78. The van der Waals surface area contributed by atoms with E-state index < -0.39 is 0 Å². The highest BCUT2D eigenvalue weighted by Crippen LogP contribution is 2.12. The van der Waals surface area contributed by atoms with Crippen LogP contribution in [0.4, 0.5) is 5.82 Å². The number of pyridine rings is 2. The largest absolute Gasteiger partial charge is 0.341 e. The minimum absolute atomic E-state index is 0.0298. The van der Waals surface area contributed by atoms with Crippen LogP contribution in [-0.2, 0) is 6.54 Å². The number of para-hydroxylation sites is 1.